The van der Waals surface area contributed by atoms with Crippen molar-refractivity contribution in [1.82, 2.24) is 0 Å². The van der Waals surface area contributed by atoms with E-state index in [4.69, 9.17) is 116 Å². The van der Waals surface area contributed by atoms with Crippen molar-refractivity contribution in [3.05, 3.63) is 88.7 Å². The Morgan fingerprint density at radius 3 is 1.00 bits per heavy atom. The molecule has 4 rings (SSSR count). The Balaban J connectivity index is 0.000000201. The first kappa shape index (κ1) is 29.0. The van der Waals surface area contributed by atoms with Gasteiger partial charge in [0.05, 0.1) is 62.9 Å². The van der Waals surface area contributed by atoms with E-state index in [-0.39, 0.29) is 10.0 Å². The molecule has 12 heteroatoms. The molecule has 0 aliphatic heterocycles. The summed E-state index contributed by atoms with van der Waals surface area (Å²) >= 11 is 48.5. The Labute approximate surface area is 247 Å². The van der Waals surface area contributed by atoms with Gasteiger partial charge in [-0.3, -0.25) is 0 Å². The van der Waals surface area contributed by atoms with E-state index in [2.05, 4.69) is 0 Å². The number of nitrogens with two attached hydrogens (primary N) is 4. The summed E-state index contributed by atoms with van der Waals surface area (Å²) in [4.78, 5) is 0. The van der Waals surface area contributed by atoms with Crippen LogP contribution < -0.4 is 22.9 Å². The van der Waals surface area contributed by atoms with Crippen LogP contribution in [0.2, 0.25) is 40.2 Å². The predicted octanol–water partition coefficient (Wildman–Crippen LogP) is 10.3. The topological polar surface area (TPSA) is 104 Å². The van der Waals surface area contributed by atoms with Gasteiger partial charge in [-0.15, -0.1) is 0 Å². The maximum Gasteiger partial charge on any atom is 0.0827 e. The normalized spacial score (nSPS) is 10.7. The molecule has 0 saturated heterocycles. The minimum Gasteiger partial charge on any atom is -0.397 e. The van der Waals surface area contributed by atoms with E-state index in [1.807, 2.05) is 0 Å². The summed E-state index contributed by atoms with van der Waals surface area (Å²) in [5.41, 5.74) is 26.9. The van der Waals surface area contributed by atoms with E-state index >= 15 is 0 Å². The number of anilines is 4. The van der Waals surface area contributed by atoms with E-state index in [1.54, 1.807) is 48.5 Å². The van der Waals surface area contributed by atoms with Crippen LogP contribution >= 0.6 is 92.8 Å². The second kappa shape index (κ2) is 11.8. The number of halogens is 8. The summed E-state index contributed by atoms with van der Waals surface area (Å²) < 4.78 is 0. The van der Waals surface area contributed by atoms with E-state index in [0.717, 1.165) is 0 Å². The molecule has 4 aromatic rings. The minimum atomic E-state index is 0.290. The molecule has 0 fully saturated rings. The molecule has 0 radical (unpaired) electrons. The molecule has 4 aromatic carbocycles. The third-order valence-corrected chi connectivity index (χ3v) is 8.05. The number of rotatable bonds is 2. The van der Waals surface area contributed by atoms with Gasteiger partial charge in [-0.05, 0) is 36.4 Å². The molecule has 0 spiro atoms. The van der Waals surface area contributed by atoms with Gasteiger partial charge in [-0.2, -0.15) is 0 Å². The molecule has 0 bridgehead atoms. The van der Waals surface area contributed by atoms with Crippen LogP contribution in [-0.4, -0.2) is 0 Å². The summed E-state index contributed by atoms with van der Waals surface area (Å²) in [6, 6.07) is 13.2. The Morgan fingerprint density at radius 1 is 0.333 bits per heavy atom. The van der Waals surface area contributed by atoms with Crippen molar-refractivity contribution >= 4 is 116 Å². The maximum atomic E-state index is 6.15. The van der Waals surface area contributed by atoms with E-state index in [0.29, 0.717) is 75.1 Å². The molecule has 0 heterocycles. The highest BCUT2D eigenvalue weighted by atomic mass is 35.5. The van der Waals surface area contributed by atoms with Gasteiger partial charge in [0.1, 0.15) is 0 Å². The average Bonchev–Trinajstić information content (AvgIpc) is 2.82. The molecule has 0 aromatic heterocycles. The fourth-order valence-electron chi connectivity index (χ4n) is 3.08. The Morgan fingerprint density at radius 2 is 0.667 bits per heavy atom. The standard InChI is InChI=1S/2C12H8Cl4N2/c13-7-3-11(17)9(15)1-5(7)6-2-10(16)12(18)4-8(6)14;13-9-5(1-3-7(17)11(9)15)6-2-4-8(18)12(16)10(6)14/h2*1-4H,17-18H2. The van der Waals surface area contributed by atoms with Crippen LogP contribution in [0.4, 0.5) is 22.7 Å². The lowest BCUT2D eigenvalue weighted by atomic mass is 10.0. The lowest BCUT2D eigenvalue weighted by molar-refractivity contribution is 1.60. The molecular formula is C24H16Cl8N4. The molecule has 8 N–H and O–H groups in total. The summed E-state index contributed by atoms with van der Waals surface area (Å²) in [5.74, 6) is 0. The Hall–Kier alpha value is -1.60. The monoisotopic (exact) mass is 640 g/mol. The second-order valence-corrected chi connectivity index (χ2v) is 10.5. The Kier molecular flexibility index (Phi) is 9.53. The van der Waals surface area contributed by atoms with Gasteiger partial charge < -0.3 is 22.9 Å². The van der Waals surface area contributed by atoms with Crippen LogP contribution in [0, 0.1) is 0 Å². The zero-order chi connectivity index (χ0) is 26.9. The average molecular weight is 644 g/mol. The number of hydrogen-bond acceptors (Lipinski definition) is 4. The summed E-state index contributed by atoms with van der Waals surface area (Å²) in [7, 11) is 0. The second-order valence-electron chi connectivity index (χ2n) is 7.37. The van der Waals surface area contributed by atoms with Gasteiger partial charge in [0, 0.05) is 22.3 Å². The van der Waals surface area contributed by atoms with Gasteiger partial charge in [-0.1, -0.05) is 105 Å². The first-order valence-electron chi connectivity index (χ1n) is 9.80. The first-order valence-corrected chi connectivity index (χ1v) is 12.8. The lowest BCUT2D eigenvalue weighted by Crippen LogP contribution is -1.92. The van der Waals surface area contributed by atoms with E-state index in [1.165, 1.54) is 0 Å². The van der Waals surface area contributed by atoms with Crippen LogP contribution in [0.5, 0.6) is 0 Å². The van der Waals surface area contributed by atoms with E-state index < -0.39 is 0 Å². The van der Waals surface area contributed by atoms with Crippen molar-refractivity contribution in [3.8, 4) is 22.3 Å². The molecular weight excluding hydrogens is 628 g/mol. The van der Waals surface area contributed by atoms with Gasteiger partial charge in [0.25, 0.3) is 0 Å². The third kappa shape index (κ3) is 6.09. The van der Waals surface area contributed by atoms with Crippen LogP contribution in [0.25, 0.3) is 22.3 Å². The fourth-order valence-corrected chi connectivity index (χ4v) is 4.83. The highest BCUT2D eigenvalue weighted by Crippen LogP contribution is 2.43. The van der Waals surface area contributed by atoms with Crippen molar-refractivity contribution in [3.63, 3.8) is 0 Å². The molecule has 4 nitrogen and oxygen atoms in total. The predicted molar refractivity (Wildman–Crippen MR) is 161 cm³/mol. The SMILES string of the molecule is Nc1cc(Cl)c(-c2cc(Cl)c(N)cc2Cl)cc1Cl.Nc1ccc(-c2ccc(N)c(Cl)c2Cl)c(Cl)c1Cl. The van der Waals surface area contributed by atoms with Crippen LogP contribution in [0.3, 0.4) is 0 Å². The molecule has 0 atom stereocenters. The summed E-state index contributed by atoms with van der Waals surface area (Å²) in [5, 5.41) is 2.94. The minimum absolute atomic E-state index is 0.290. The van der Waals surface area contributed by atoms with Crippen LogP contribution in [0.15, 0.2) is 48.5 Å². The van der Waals surface area contributed by atoms with Crippen molar-refractivity contribution < 1.29 is 0 Å². The van der Waals surface area contributed by atoms with Gasteiger partial charge in [-0.25, -0.2) is 0 Å². The number of nitrogen functional groups attached to an aromatic ring is 4. The molecule has 0 aliphatic rings. The lowest BCUT2D eigenvalue weighted by Gasteiger charge is -2.11. The zero-order valence-corrected chi connectivity index (χ0v) is 24.0. The van der Waals surface area contributed by atoms with Crippen LogP contribution in [-0.2, 0) is 0 Å². The summed E-state index contributed by atoms with van der Waals surface area (Å²) in [6.07, 6.45) is 0. The van der Waals surface area contributed by atoms with Crippen molar-refractivity contribution in [2.75, 3.05) is 22.9 Å². The zero-order valence-electron chi connectivity index (χ0n) is 18.0. The number of benzene rings is 4. The van der Waals surface area contributed by atoms with Crippen molar-refractivity contribution in [2.45, 2.75) is 0 Å². The molecule has 188 valence electrons. The number of hydrogen-bond donors (Lipinski definition) is 4. The van der Waals surface area contributed by atoms with Gasteiger partial charge in [0.2, 0.25) is 0 Å². The third-order valence-electron chi connectivity index (χ3n) is 4.98. The van der Waals surface area contributed by atoms with Crippen molar-refractivity contribution in [2.24, 2.45) is 0 Å². The smallest absolute Gasteiger partial charge is 0.0827 e. The first-order chi connectivity index (χ1) is 16.8. The van der Waals surface area contributed by atoms with Gasteiger partial charge in [0.15, 0.2) is 0 Å². The van der Waals surface area contributed by atoms with Crippen LogP contribution in [0.1, 0.15) is 0 Å². The molecule has 0 amide bonds. The molecule has 0 unspecified atom stereocenters. The van der Waals surface area contributed by atoms with Crippen molar-refractivity contribution in [1.29, 1.82) is 0 Å². The maximum absolute atomic E-state index is 6.15. The summed E-state index contributed by atoms with van der Waals surface area (Å²) in [6.45, 7) is 0. The molecule has 0 aliphatic carbocycles. The molecule has 0 saturated carbocycles. The molecule has 36 heavy (non-hydrogen) atoms. The largest absolute Gasteiger partial charge is 0.397 e. The van der Waals surface area contributed by atoms with Gasteiger partial charge >= 0.3 is 0 Å². The Bertz CT molecular complexity index is 1360. The fraction of sp³-hybridized carbons (Fsp3) is 0. The quantitative estimate of drug-likeness (QED) is 0.163. The highest BCUT2D eigenvalue weighted by Gasteiger charge is 2.16. The highest BCUT2D eigenvalue weighted by molar-refractivity contribution is 6.48. The van der Waals surface area contributed by atoms with E-state index in [9.17, 15) is 0 Å².